The summed E-state index contributed by atoms with van der Waals surface area (Å²) in [6.07, 6.45) is 0. The van der Waals surface area contributed by atoms with Crippen LogP contribution in [0.3, 0.4) is 0 Å². The van der Waals surface area contributed by atoms with E-state index in [0.29, 0.717) is 16.7 Å². The number of hydrogen-bond acceptors (Lipinski definition) is 3. The summed E-state index contributed by atoms with van der Waals surface area (Å²) in [6, 6.07) is 5.63. The number of halogens is 3. The fraction of sp³-hybridized carbons (Fsp3) is 0.286. The highest BCUT2D eigenvalue weighted by molar-refractivity contribution is 14.1. The van der Waals surface area contributed by atoms with Crippen LogP contribution in [-0.4, -0.2) is 9.97 Å². The van der Waals surface area contributed by atoms with Crippen LogP contribution < -0.4 is 5.73 Å². The third kappa shape index (κ3) is 3.26. The van der Waals surface area contributed by atoms with Gasteiger partial charge in [0.2, 0.25) is 0 Å². The lowest BCUT2D eigenvalue weighted by Gasteiger charge is -2.21. The minimum Gasteiger partial charge on any atom is -0.383 e. The normalized spacial score (nSPS) is 11.7. The van der Waals surface area contributed by atoms with E-state index in [1.807, 2.05) is 18.2 Å². The fourth-order valence-electron chi connectivity index (χ4n) is 1.75. The molecule has 0 aliphatic rings. The standard InChI is InChI=1S/C14H14BrClIN3/c1-14(2,3)11-10(17)12(18)20-13(19-11)8-5-4-7(15)6-9(8)16/h4-6H,1-3H3,(H2,18,19,20). The zero-order valence-electron chi connectivity index (χ0n) is 11.3. The van der Waals surface area contributed by atoms with Crippen molar-refractivity contribution < 1.29 is 0 Å². The van der Waals surface area contributed by atoms with Crippen LogP contribution in [0.15, 0.2) is 22.7 Å². The number of anilines is 1. The molecule has 0 amide bonds. The Morgan fingerprint density at radius 1 is 1.25 bits per heavy atom. The SMILES string of the molecule is CC(C)(C)c1nc(-c2ccc(Br)cc2Cl)nc(N)c1I. The lowest BCUT2D eigenvalue weighted by atomic mass is 9.92. The van der Waals surface area contributed by atoms with E-state index in [-0.39, 0.29) is 5.41 Å². The summed E-state index contributed by atoms with van der Waals surface area (Å²) in [5.41, 5.74) is 7.63. The molecule has 2 aromatic rings. The third-order valence-electron chi connectivity index (χ3n) is 2.76. The molecular formula is C14H14BrClIN3. The van der Waals surface area contributed by atoms with Crippen LogP contribution in [0.25, 0.3) is 11.4 Å². The first-order valence-corrected chi connectivity index (χ1v) is 8.24. The second-order valence-electron chi connectivity index (χ2n) is 5.47. The molecule has 0 spiro atoms. The van der Waals surface area contributed by atoms with Crippen molar-refractivity contribution in [1.29, 1.82) is 0 Å². The Morgan fingerprint density at radius 2 is 1.90 bits per heavy atom. The maximum Gasteiger partial charge on any atom is 0.163 e. The van der Waals surface area contributed by atoms with Crippen molar-refractivity contribution in [3.05, 3.63) is 37.0 Å². The molecule has 0 saturated heterocycles. The van der Waals surface area contributed by atoms with Crippen LogP contribution in [0.1, 0.15) is 26.5 Å². The first kappa shape index (κ1) is 16.0. The molecular weight excluding hydrogens is 452 g/mol. The van der Waals surface area contributed by atoms with Crippen LogP contribution in [0, 0.1) is 3.57 Å². The van der Waals surface area contributed by atoms with Crippen LogP contribution in [0.5, 0.6) is 0 Å². The largest absolute Gasteiger partial charge is 0.383 e. The van der Waals surface area contributed by atoms with Crippen LogP contribution >= 0.6 is 50.1 Å². The topological polar surface area (TPSA) is 51.8 Å². The molecule has 0 aliphatic carbocycles. The van der Waals surface area contributed by atoms with Crippen molar-refractivity contribution in [3.63, 3.8) is 0 Å². The minimum absolute atomic E-state index is 0.107. The van der Waals surface area contributed by atoms with Crippen LogP contribution in [-0.2, 0) is 5.41 Å². The van der Waals surface area contributed by atoms with E-state index in [1.54, 1.807) is 0 Å². The number of nitrogens with zero attached hydrogens (tertiary/aromatic N) is 2. The van der Waals surface area contributed by atoms with Gasteiger partial charge in [-0.25, -0.2) is 9.97 Å². The van der Waals surface area contributed by atoms with Gasteiger partial charge in [0.1, 0.15) is 5.82 Å². The van der Waals surface area contributed by atoms with Crippen molar-refractivity contribution >= 4 is 55.9 Å². The number of benzene rings is 1. The van der Waals surface area contributed by atoms with E-state index in [2.05, 4.69) is 69.3 Å². The Bertz CT molecular complexity index is 668. The summed E-state index contributed by atoms with van der Waals surface area (Å²) in [4.78, 5) is 9.03. The first-order chi connectivity index (χ1) is 9.20. The lowest BCUT2D eigenvalue weighted by molar-refractivity contribution is 0.564. The molecule has 3 nitrogen and oxygen atoms in total. The Labute approximate surface area is 145 Å². The van der Waals surface area contributed by atoms with E-state index in [9.17, 15) is 0 Å². The average Bonchev–Trinajstić information content (AvgIpc) is 2.31. The molecule has 0 fully saturated rings. The molecule has 1 heterocycles. The Morgan fingerprint density at radius 3 is 2.45 bits per heavy atom. The molecule has 2 N–H and O–H groups in total. The van der Waals surface area contributed by atoms with Crippen LogP contribution in [0.4, 0.5) is 5.82 Å². The van der Waals surface area contributed by atoms with Crippen molar-refractivity contribution in [2.75, 3.05) is 5.73 Å². The van der Waals surface area contributed by atoms with Gasteiger partial charge in [0.25, 0.3) is 0 Å². The Hall–Kier alpha value is -0.400. The van der Waals surface area contributed by atoms with Crippen molar-refractivity contribution in [2.24, 2.45) is 0 Å². The van der Waals surface area contributed by atoms with Gasteiger partial charge in [-0.3, -0.25) is 0 Å². The Balaban J connectivity index is 2.67. The monoisotopic (exact) mass is 465 g/mol. The van der Waals surface area contributed by atoms with Gasteiger partial charge in [-0.2, -0.15) is 0 Å². The summed E-state index contributed by atoms with van der Waals surface area (Å²) in [5.74, 6) is 1.05. The third-order valence-corrected chi connectivity index (χ3v) is 4.63. The highest BCUT2D eigenvalue weighted by Gasteiger charge is 2.23. The second kappa shape index (κ2) is 5.77. The summed E-state index contributed by atoms with van der Waals surface area (Å²) in [5, 5.41) is 0.597. The first-order valence-electron chi connectivity index (χ1n) is 5.99. The lowest BCUT2D eigenvalue weighted by Crippen LogP contribution is -2.18. The highest BCUT2D eigenvalue weighted by atomic mass is 127. The van der Waals surface area contributed by atoms with E-state index < -0.39 is 0 Å². The van der Waals surface area contributed by atoms with E-state index in [1.165, 1.54) is 0 Å². The predicted octanol–water partition coefficient (Wildman–Crippen LogP) is 5.04. The molecule has 106 valence electrons. The maximum absolute atomic E-state index is 6.27. The van der Waals surface area contributed by atoms with Gasteiger partial charge in [-0.15, -0.1) is 0 Å². The number of hydrogen-bond donors (Lipinski definition) is 1. The average molecular weight is 467 g/mol. The Kier molecular flexibility index (Phi) is 4.61. The quantitative estimate of drug-likeness (QED) is 0.599. The molecule has 0 saturated carbocycles. The van der Waals surface area contributed by atoms with Gasteiger partial charge in [-0.1, -0.05) is 48.3 Å². The molecule has 1 aromatic heterocycles. The molecule has 0 atom stereocenters. The van der Waals surface area contributed by atoms with Gasteiger partial charge in [0.15, 0.2) is 5.82 Å². The van der Waals surface area contributed by atoms with Gasteiger partial charge < -0.3 is 5.73 Å². The molecule has 0 radical (unpaired) electrons. The number of nitrogen functional groups attached to an aromatic ring is 1. The molecule has 0 aliphatic heterocycles. The molecule has 6 heteroatoms. The van der Waals surface area contributed by atoms with Crippen LogP contribution in [0.2, 0.25) is 5.02 Å². The summed E-state index contributed by atoms with van der Waals surface area (Å²) >= 11 is 11.8. The van der Waals surface area contributed by atoms with Gasteiger partial charge in [0, 0.05) is 15.5 Å². The van der Waals surface area contributed by atoms with Gasteiger partial charge in [-0.05, 0) is 40.8 Å². The number of aromatic nitrogens is 2. The number of rotatable bonds is 1. The fourth-order valence-corrected chi connectivity index (χ4v) is 3.56. The van der Waals surface area contributed by atoms with Gasteiger partial charge in [0.05, 0.1) is 14.3 Å². The van der Waals surface area contributed by atoms with E-state index in [0.717, 1.165) is 19.3 Å². The van der Waals surface area contributed by atoms with E-state index in [4.69, 9.17) is 17.3 Å². The molecule has 1 aromatic carbocycles. The van der Waals surface area contributed by atoms with Crippen molar-refractivity contribution in [3.8, 4) is 11.4 Å². The summed E-state index contributed by atoms with van der Waals surface area (Å²) in [6.45, 7) is 6.30. The number of nitrogens with two attached hydrogens (primary N) is 1. The highest BCUT2D eigenvalue weighted by Crippen LogP contribution is 2.33. The van der Waals surface area contributed by atoms with Crippen molar-refractivity contribution in [1.82, 2.24) is 9.97 Å². The minimum atomic E-state index is -0.107. The molecule has 2 rings (SSSR count). The summed E-state index contributed by atoms with van der Waals surface area (Å²) < 4.78 is 1.81. The molecule has 20 heavy (non-hydrogen) atoms. The van der Waals surface area contributed by atoms with E-state index >= 15 is 0 Å². The van der Waals surface area contributed by atoms with Crippen molar-refractivity contribution in [2.45, 2.75) is 26.2 Å². The maximum atomic E-state index is 6.27. The zero-order valence-corrected chi connectivity index (χ0v) is 15.8. The predicted molar refractivity (Wildman–Crippen MR) is 96.0 cm³/mol. The smallest absolute Gasteiger partial charge is 0.163 e. The molecule has 0 unspecified atom stereocenters. The zero-order chi connectivity index (χ0) is 15.1. The molecule has 0 bridgehead atoms. The summed E-state index contributed by atoms with van der Waals surface area (Å²) in [7, 11) is 0. The van der Waals surface area contributed by atoms with Gasteiger partial charge >= 0.3 is 0 Å². The second-order valence-corrected chi connectivity index (χ2v) is 7.87.